The molecule has 0 saturated carbocycles. The van der Waals surface area contributed by atoms with Gasteiger partial charge in [0, 0.05) is 11.6 Å². The van der Waals surface area contributed by atoms with Gasteiger partial charge in [-0.1, -0.05) is 18.2 Å². The van der Waals surface area contributed by atoms with Crippen molar-refractivity contribution in [3.8, 4) is 11.4 Å². The minimum atomic E-state index is -0.390. The normalized spacial score (nSPS) is 18.6. The molecule has 0 N–H and O–H groups in total. The number of nitrogens with zero attached hydrogens (tertiary/aromatic N) is 3. The summed E-state index contributed by atoms with van der Waals surface area (Å²) >= 11 is 0. The molecule has 0 amide bonds. The van der Waals surface area contributed by atoms with Gasteiger partial charge in [0.25, 0.3) is 0 Å². The van der Waals surface area contributed by atoms with E-state index in [2.05, 4.69) is 37.7 Å². The quantitative estimate of drug-likeness (QED) is 0.675. The molecule has 5 nitrogen and oxygen atoms in total. The largest absolute Gasteiger partial charge is 0.494 e. The van der Waals surface area contributed by atoms with Gasteiger partial charge in [0.1, 0.15) is 6.33 Å². The number of aromatic nitrogens is 3. The summed E-state index contributed by atoms with van der Waals surface area (Å²) in [6.07, 6.45) is 3.25. The van der Waals surface area contributed by atoms with Crippen molar-refractivity contribution in [2.75, 3.05) is 0 Å². The van der Waals surface area contributed by atoms with Gasteiger partial charge in [0.15, 0.2) is 0 Å². The fourth-order valence-electron chi connectivity index (χ4n) is 2.84. The maximum atomic E-state index is 6.14. The van der Waals surface area contributed by atoms with Crippen LogP contribution in [-0.4, -0.2) is 33.3 Å². The van der Waals surface area contributed by atoms with Gasteiger partial charge in [-0.05, 0) is 51.4 Å². The van der Waals surface area contributed by atoms with E-state index in [4.69, 9.17) is 14.3 Å². The Balaban J connectivity index is 1.73. The average Bonchev–Trinajstić information content (AvgIpc) is 2.82. The van der Waals surface area contributed by atoms with Crippen molar-refractivity contribution in [3.63, 3.8) is 0 Å². The molecule has 25 heavy (non-hydrogen) atoms. The van der Waals surface area contributed by atoms with E-state index in [1.807, 2.05) is 36.4 Å². The van der Waals surface area contributed by atoms with Crippen LogP contribution < -0.4 is 5.46 Å². The molecule has 1 saturated heterocycles. The third kappa shape index (κ3) is 2.81. The molecule has 0 aliphatic carbocycles. The minimum Gasteiger partial charge on any atom is -0.399 e. The fourth-order valence-corrected chi connectivity index (χ4v) is 2.84. The minimum absolute atomic E-state index is 0.358. The summed E-state index contributed by atoms with van der Waals surface area (Å²) in [7, 11) is -0.390. The first kappa shape index (κ1) is 16.2. The monoisotopic (exact) mass is 333 g/mol. The lowest BCUT2D eigenvalue weighted by Crippen LogP contribution is -2.41. The Bertz CT molecular complexity index is 912. The van der Waals surface area contributed by atoms with Crippen molar-refractivity contribution >= 4 is 23.5 Å². The Morgan fingerprint density at radius 2 is 1.60 bits per heavy atom. The van der Waals surface area contributed by atoms with Crippen molar-refractivity contribution < 1.29 is 9.31 Å². The van der Waals surface area contributed by atoms with E-state index in [0.29, 0.717) is 0 Å². The molecular weight excluding hydrogens is 313 g/mol. The molecule has 1 aromatic carbocycles. The first-order chi connectivity index (χ1) is 11.9. The Morgan fingerprint density at radius 1 is 0.880 bits per heavy atom. The molecule has 0 spiro atoms. The second kappa shape index (κ2) is 5.61. The summed E-state index contributed by atoms with van der Waals surface area (Å²) < 4.78 is 12.3. The zero-order valence-electron chi connectivity index (χ0n) is 14.9. The third-order valence-electron chi connectivity index (χ3n) is 5.09. The van der Waals surface area contributed by atoms with Crippen LogP contribution in [0.25, 0.3) is 22.3 Å². The van der Waals surface area contributed by atoms with E-state index >= 15 is 0 Å². The Labute approximate surface area is 147 Å². The molecule has 0 unspecified atom stereocenters. The van der Waals surface area contributed by atoms with Crippen LogP contribution in [0.1, 0.15) is 27.7 Å². The van der Waals surface area contributed by atoms with Crippen molar-refractivity contribution in [2.24, 2.45) is 0 Å². The van der Waals surface area contributed by atoms with E-state index in [9.17, 15) is 0 Å². The standard InChI is InChI=1S/C19H20BN3O2/c1-18(2)19(3,4)25-20(24-18)14-7-5-13-6-8-16(23-17(13)11-14)15-9-10-21-12-22-15/h5-12H,1-4H3. The average molecular weight is 333 g/mol. The molecule has 126 valence electrons. The molecule has 1 aliphatic rings. The van der Waals surface area contributed by atoms with Gasteiger partial charge in [-0.25, -0.2) is 15.0 Å². The zero-order chi connectivity index (χ0) is 17.7. The molecule has 3 aromatic rings. The van der Waals surface area contributed by atoms with Crippen molar-refractivity contribution in [3.05, 3.63) is 48.9 Å². The predicted octanol–water partition coefficient (Wildman–Crippen LogP) is 2.99. The number of fused-ring (bicyclic) bond motifs is 1. The molecule has 3 heterocycles. The number of pyridine rings is 1. The molecule has 1 fully saturated rings. The maximum Gasteiger partial charge on any atom is 0.494 e. The molecule has 1 aliphatic heterocycles. The zero-order valence-corrected chi connectivity index (χ0v) is 14.9. The van der Waals surface area contributed by atoms with Crippen molar-refractivity contribution in [1.29, 1.82) is 0 Å². The second-order valence-electron chi connectivity index (χ2n) is 7.33. The highest BCUT2D eigenvalue weighted by Crippen LogP contribution is 2.36. The Hall–Kier alpha value is -2.31. The molecule has 6 heteroatoms. The highest BCUT2D eigenvalue weighted by atomic mass is 16.7. The number of benzene rings is 1. The van der Waals surface area contributed by atoms with Gasteiger partial charge < -0.3 is 9.31 Å². The molecular formula is C19H20BN3O2. The van der Waals surface area contributed by atoms with Gasteiger partial charge >= 0.3 is 7.12 Å². The summed E-state index contributed by atoms with van der Waals surface area (Å²) in [5.74, 6) is 0. The highest BCUT2D eigenvalue weighted by Gasteiger charge is 2.51. The van der Waals surface area contributed by atoms with Crippen LogP contribution in [-0.2, 0) is 9.31 Å². The van der Waals surface area contributed by atoms with E-state index in [1.165, 1.54) is 6.33 Å². The van der Waals surface area contributed by atoms with Crippen LogP contribution in [0.5, 0.6) is 0 Å². The molecule has 0 bridgehead atoms. The fraction of sp³-hybridized carbons (Fsp3) is 0.316. The molecule has 0 atom stereocenters. The molecule has 4 rings (SSSR count). The lowest BCUT2D eigenvalue weighted by molar-refractivity contribution is 0.00578. The third-order valence-corrected chi connectivity index (χ3v) is 5.09. The molecule has 2 aromatic heterocycles. The maximum absolute atomic E-state index is 6.14. The van der Waals surface area contributed by atoms with Gasteiger partial charge in [-0.15, -0.1) is 0 Å². The lowest BCUT2D eigenvalue weighted by atomic mass is 9.78. The highest BCUT2D eigenvalue weighted by molar-refractivity contribution is 6.62. The number of hydrogen-bond acceptors (Lipinski definition) is 5. The summed E-state index contributed by atoms with van der Waals surface area (Å²) in [5.41, 5.74) is 2.77. The van der Waals surface area contributed by atoms with Gasteiger partial charge in [0.2, 0.25) is 0 Å². The van der Waals surface area contributed by atoms with Gasteiger partial charge in [0.05, 0.1) is 28.1 Å². The van der Waals surface area contributed by atoms with Crippen LogP contribution >= 0.6 is 0 Å². The van der Waals surface area contributed by atoms with Crippen molar-refractivity contribution in [2.45, 2.75) is 38.9 Å². The first-order valence-electron chi connectivity index (χ1n) is 8.38. The smallest absolute Gasteiger partial charge is 0.399 e. The topological polar surface area (TPSA) is 57.1 Å². The lowest BCUT2D eigenvalue weighted by Gasteiger charge is -2.32. The van der Waals surface area contributed by atoms with E-state index in [1.54, 1.807) is 6.20 Å². The second-order valence-corrected chi connectivity index (χ2v) is 7.33. The molecule has 0 radical (unpaired) electrons. The summed E-state index contributed by atoms with van der Waals surface area (Å²) in [6, 6.07) is 12.0. The van der Waals surface area contributed by atoms with E-state index < -0.39 is 0 Å². The van der Waals surface area contributed by atoms with Gasteiger partial charge in [-0.3, -0.25) is 0 Å². The number of rotatable bonds is 2. The summed E-state index contributed by atoms with van der Waals surface area (Å²) in [6.45, 7) is 8.22. The Kier molecular flexibility index (Phi) is 3.63. The Morgan fingerprint density at radius 3 is 2.28 bits per heavy atom. The van der Waals surface area contributed by atoms with Crippen LogP contribution in [0.2, 0.25) is 0 Å². The van der Waals surface area contributed by atoms with Crippen LogP contribution in [0.3, 0.4) is 0 Å². The van der Waals surface area contributed by atoms with Crippen LogP contribution in [0.4, 0.5) is 0 Å². The van der Waals surface area contributed by atoms with Crippen LogP contribution in [0.15, 0.2) is 48.9 Å². The summed E-state index contributed by atoms with van der Waals surface area (Å²) in [4.78, 5) is 13.0. The first-order valence-corrected chi connectivity index (χ1v) is 8.38. The SMILES string of the molecule is CC1(C)OB(c2ccc3ccc(-c4ccncn4)nc3c2)OC1(C)C. The number of hydrogen-bond donors (Lipinski definition) is 0. The van der Waals surface area contributed by atoms with E-state index in [0.717, 1.165) is 27.8 Å². The van der Waals surface area contributed by atoms with E-state index in [-0.39, 0.29) is 18.3 Å². The van der Waals surface area contributed by atoms with Crippen molar-refractivity contribution in [1.82, 2.24) is 15.0 Å². The summed E-state index contributed by atoms with van der Waals surface area (Å²) in [5, 5.41) is 1.07. The van der Waals surface area contributed by atoms with Gasteiger partial charge in [-0.2, -0.15) is 0 Å². The predicted molar refractivity (Wildman–Crippen MR) is 98.5 cm³/mol. The van der Waals surface area contributed by atoms with Crippen LogP contribution in [0, 0.1) is 0 Å².